The average Bonchev–Trinajstić information content (AvgIpc) is 3.11. The van der Waals surface area contributed by atoms with Gasteiger partial charge in [0.1, 0.15) is 10.7 Å². The van der Waals surface area contributed by atoms with E-state index in [-0.39, 0.29) is 12.3 Å². The van der Waals surface area contributed by atoms with Crippen LogP contribution in [0.15, 0.2) is 53.9 Å². The molecule has 3 rings (SSSR count). The van der Waals surface area contributed by atoms with Crippen molar-refractivity contribution in [2.24, 2.45) is 0 Å². The Bertz CT molecular complexity index is 865. The molecule has 3 aromatic rings. The molecule has 25 heavy (non-hydrogen) atoms. The molecule has 0 bridgehead atoms. The Morgan fingerprint density at radius 1 is 1.20 bits per heavy atom. The molecular formula is C18H17N3O3S. The molecule has 0 unspecified atom stereocenters. The van der Waals surface area contributed by atoms with Gasteiger partial charge in [-0.1, -0.05) is 30.3 Å². The third kappa shape index (κ3) is 4.20. The fourth-order valence-corrected chi connectivity index (χ4v) is 3.30. The van der Waals surface area contributed by atoms with Crippen LogP contribution in [0.4, 0.5) is 11.4 Å². The van der Waals surface area contributed by atoms with Gasteiger partial charge in [0, 0.05) is 30.0 Å². The van der Waals surface area contributed by atoms with E-state index in [1.807, 2.05) is 35.7 Å². The van der Waals surface area contributed by atoms with Gasteiger partial charge in [-0.3, -0.25) is 10.1 Å². The van der Waals surface area contributed by atoms with Crippen molar-refractivity contribution < 1.29 is 10.0 Å². The molecule has 0 aliphatic rings. The molecule has 0 fully saturated rings. The number of aliphatic hydroxyl groups excluding tert-OH is 1. The van der Waals surface area contributed by atoms with Crippen LogP contribution in [0.5, 0.6) is 0 Å². The number of nitrogens with zero attached hydrogens (tertiary/aromatic N) is 2. The average molecular weight is 355 g/mol. The van der Waals surface area contributed by atoms with E-state index in [9.17, 15) is 15.2 Å². The van der Waals surface area contributed by atoms with Crippen LogP contribution in [0.25, 0.3) is 10.6 Å². The molecule has 1 aromatic heterocycles. The Hall–Kier alpha value is -2.77. The highest BCUT2D eigenvalue weighted by Gasteiger charge is 2.14. The number of nitro benzene ring substituents is 1. The van der Waals surface area contributed by atoms with E-state index in [4.69, 9.17) is 0 Å². The highest BCUT2D eigenvalue weighted by Crippen LogP contribution is 2.26. The van der Waals surface area contributed by atoms with Gasteiger partial charge in [-0.25, -0.2) is 4.98 Å². The minimum atomic E-state index is -0.431. The number of anilines is 1. The number of hydrogen-bond acceptors (Lipinski definition) is 6. The van der Waals surface area contributed by atoms with Gasteiger partial charge in [-0.05, 0) is 17.7 Å². The fraction of sp³-hybridized carbons (Fsp3) is 0.167. The lowest BCUT2D eigenvalue weighted by Crippen LogP contribution is -2.07. The molecule has 0 aliphatic heterocycles. The lowest BCUT2D eigenvalue weighted by molar-refractivity contribution is -0.384. The van der Waals surface area contributed by atoms with Crippen molar-refractivity contribution in [3.05, 3.63) is 75.3 Å². The maximum Gasteiger partial charge on any atom is 0.292 e. The molecule has 2 N–H and O–H groups in total. The van der Waals surface area contributed by atoms with Crippen LogP contribution in [0.1, 0.15) is 11.3 Å². The second kappa shape index (κ2) is 7.87. The van der Waals surface area contributed by atoms with E-state index in [0.717, 1.165) is 16.3 Å². The predicted molar refractivity (Wildman–Crippen MR) is 98.8 cm³/mol. The molecule has 0 saturated heterocycles. The molecule has 6 nitrogen and oxygen atoms in total. The smallest absolute Gasteiger partial charge is 0.292 e. The lowest BCUT2D eigenvalue weighted by atomic mass is 10.1. The molecule has 0 amide bonds. The van der Waals surface area contributed by atoms with Crippen LogP contribution < -0.4 is 5.32 Å². The van der Waals surface area contributed by atoms with Crippen molar-refractivity contribution in [3.63, 3.8) is 0 Å². The van der Waals surface area contributed by atoms with Gasteiger partial charge in [0.25, 0.3) is 5.69 Å². The summed E-state index contributed by atoms with van der Waals surface area (Å²) in [6.45, 7) is 0.368. The summed E-state index contributed by atoms with van der Waals surface area (Å²) in [5.74, 6) is 0. The van der Waals surface area contributed by atoms with Gasteiger partial charge < -0.3 is 10.4 Å². The number of thiazole rings is 1. The van der Waals surface area contributed by atoms with Crippen LogP contribution in [0, 0.1) is 10.1 Å². The molecule has 2 aromatic carbocycles. The number of nitro groups is 1. The highest BCUT2D eigenvalue weighted by atomic mass is 32.1. The molecule has 7 heteroatoms. The highest BCUT2D eigenvalue weighted by molar-refractivity contribution is 7.13. The topological polar surface area (TPSA) is 88.3 Å². The van der Waals surface area contributed by atoms with Crippen LogP contribution in [0.2, 0.25) is 0 Å². The van der Waals surface area contributed by atoms with Gasteiger partial charge in [-0.15, -0.1) is 11.3 Å². The van der Waals surface area contributed by atoms with Crippen molar-refractivity contribution in [1.82, 2.24) is 4.98 Å². The van der Waals surface area contributed by atoms with Gasteiger partial charge in [0.05, 0.1) is 17.2 Å². The van der Waals surface area contributed by atoms with Gasteiger partial charge >= 0.3 is 0 Å². The normalized spacial score (nSPS) is 10.6. The molecule has 0 aliphatic carbocycles. The third-order valence-electron chi connectivity index (χ3n) is 3.71. The molecule has 128 valence electrons. The lowest BCUT2D eigenvalue weighted by Gasteiger charge is -2.07. The zero-order valence-electron chi connectivity index (χ0n) is 13.4. The van der Waals surface area contributed by atoms with Crippen molar-refractivity contribution in [2.45, 2.75) is 13.0 Å². The Kier molecular flexibility index (Phi) is 5.37. The van der Waals surface area contributed by atoms with E-state index in [0.29, 0.717) is 24.2 Å². The Labute approximate surface area is 148 Å². The summed E-state index contributed by atoms with van der Waals surface area (Å²) in [6.07, 6.45) is 0.657. The van der Waals surface area contributed by atoms with Gasteiger partial charge in [0.2, 0.25) is 0 Å². The first kappa shape index (κ1) is 17.1. The maximum atomic E-state index is 11.1. The van der Waals surface area contributed by atoms with Crippen molar-refractivity contribution in [1.29, 1.82) is 0 Å². The summed E-state index contributed by atoms with van der Waals surface area (Å²) in [5.41, 5.74) is 3.07. The standard InChI is InChI=1S/C18H17N3O3S/c22-11-13-6-7-17(21(23)24)16(10-13)19-9-8-15-12-25-18(20-15)14-4-2-1-3-5-14/h1-7,10,12,19,22H,8-9,11H2. The minimum Gasteiger partial charge on any atom is -0.392 e. The van der Waals surface area contributed by atoms with Crippen molar-refractivity contribution in [3.8, 4) is 10.6 Å². The van der Waals surface area contributed by atoms with Gasteiger partial charge in [0.15, 0.2) is 0 Å². The molecule has 0 spiro atoms. The Balaban J connectivity index is 1.65. The van der Waals surface area contributed by atoms with E-state index in [2.05, 4.69) is 10.3 Å². The quantitative estimate of drug-likeness (QED) is 0.496. The number of benzene rings is 2. The molecule has 1 heterocycles. The first-order valence-corrected chi connectivity index (χ1v) is 8.67. The predicted octanol–water partition coefficient (Wildman–Crippen LogP) is 3.87. The number of hydrogen-bond donors (Lipinski definition) is 2. The van der Waals surface area contributed by atoms with Crippen LogP contribution in [0.3, 0.4) is 0 Å². The van der Waals surface area contributed by atoms with E-state index >= 15 is 0 Å². The van der Waals surface area contributed by atoms with Crippen LogP contribution >= 0.6 is 11.3 Å². The SMILES string of the molecule is O=[N+]([O-])c1ccc(CO)cc1NCCc1csc(-c2ccccc2)n1. The van der Waals surface area contributed by atoms with E-state index in [1.54, 1.807) is 23.5 Å². The fourth-order valence-electron chi connectivity index (χ4n) is 2.44. The first-order chi connectivity index (χ1) is 12.2. The number of aromatic nitrogens is 1. The molecular weight excluding hydrogens is 338 g/mol. The largest absolute Gasteiger partial charge is 0.392 e. The number of aliphatic hydroxyl groups is 1. The monoisotopic (exact) mass is 355 g/mol. The second-order valence-corrected chi connectivity index (χ2v) is 6.31. The number of nitrogens with one attached hydrogen (secondary N) is 1. The van der Waals surface area contributed by atoms with E-state index < -0.39 is 4.92 Å². The summed E-state index contributed by atoms with van der Waals surface area (Å²) < 4.78 is 0. The Morgan fingerprint density at radius 3 is 2.72 bits per heavy atom. The summed E-state index contributed by atoms with van der Waals surface area (Å²) in [5, 5.41) is 26.3. The van der Waals surface area contributed by atoms with Crippen LogP contribution in [-0.2, 0) is 13.0 Å². The van der Waals surface area contributed by atoms with E-state index in [1.165, 1.54) is 6.07 Å². The van der Waals surface area contributed by atoms with Crippen molar-refractivity contribution in [2.75, 3.05) is 11.9 Å². The zero-order valence-corrected chi connectivity index (χ0v) is 14.2. The summed E-state index contributed by atoms with van der Waals surface area (Å²) in [4.78, 5) is 15.3. The Morgan fingerprint density at radius 2 is 2.00 bits per heavy atom. The molecule has 0 radical (unpaired) electrons. The summed E-state index contributed by atoms with van der Waals surface area (Å²) >= 11 is 1.58. The summed E-state index contributed by atoms with van der Waals surface area (Å²) in [6, 6.07) is 14.5. The second-order valence-electron chi connectivity index (χ2n) is 5.45. The zero-order chi connectivity index (χ0) is 17.6. The molecule has 0 saturated carbocycles. The van der Waals surface area contributed by atoms with Crippen molar-refractivity contribution >= 4 is 22.7 Å². The first-order valence-electron chi connectivity index (χ1n) is 7.79. The molecule has 0 atom stereocenters. The summed E-state index contributed by atoms with van der Waals surface area (Å²) in [7, 11) is 0. The maximum absolute atomic E-state index is 11.1. The number of rotatable bonds is 7. The van der Waals surface area contributed by atoms with Crippen LogP contribution in [-0.4, -0.2) is 21.6 Å². The van der Waals surface area contributed by atoms with Gasteiger partial charge in [-0.2, -0.15) is 0 Å². The third-order valence-corrected chi connectivity index (χ3v) is 4.65. The minimum absolute atomic E-state index is 0.000419.